The summed E-state index contributed by atoms with van der Waals surface area (Å²) < 4.78 is 0. The number of hydrogen-bond donors (Lipinski definition) is 2. The number of aliphatic hydroxyl groups is 1. The zero-order valence-corrected chi connectivity index (χ0v) is 10.6. The lowest BCUT2D eigenvalue weighted by molar-refractivity contribution is 0.240. The summed E-state index contributed by atoms with van der Waals surface area (Å²) in [5.41, 5.74) is 2.37. The molecule has 0 fully saturated rings. The standard InChI is InChI=1S/C12H15Cl2NO/c1-7(6-16)15-11-5-3-9-8(11)2-4-10(13)12(9)14/h2,4,7,11,15-16H,3,5-6H2,1H3/t7-,11?/m0/s1. The van der Waals surface area contributed by atoms with Crippen molar-refractivity contribution >= 4 is 23.2 Å². The summed E-state index contributed by atoms with van der Waals surface area (Å²) in [6.07, 6.45) is 1.96. The topological polar surface area (TPSA) is 32.3 Å². The monoisotopic (exact) mass is 259 g/mol. The van der Waals surface area contributed by atoms with Gasteiger partial charge in [-0.05, 0) is 37.0 Å². The molecular formula is C12H15Cl2NO. The number of rotatable bonds is 3. The maximum atomic E-state index is 9.03. The zero-order valence-electron chi connectivity index (χ0n) is 9.13. The van der Waals surface area contributed by atoms with E-state index < -0.39 is 0 Å². The molecular weight excluding hydrogens is 245 g/mol. The van der Waals surface area contributed by atoms with Crippen LogP contribution in [0.4, 0.5) is 0 Å². The van der Waals surface area contributed by atoms with E-state index in [1.807, 2.05) is 19.1 Å². The van der Waals surface area contributed by atoms with Crippen molar-refractivity contribution in [3.63, 3.8) is 0 Å². The van der Waals surface area contributed by atoms with Crippen molar-refractivity contribution in [2.75, 3.05) is 6.61 Å². The van der Waals surface area contributed by atoms with Gasteiger partial charge in [-0.25, -0.2) is 0 Å². The van der Waals surface area contributed by atoms with Crippen LogP contribution >= 0.6 is 23.2 Å². The van der Waals surface area contributed by atoms with Gasteiger partial charge in [-0.1, -0.05) is 29.3 Å². The molecule has 0 bridgehead atoms. The fourth-order valence-electron chi connectivity index (χ4n) is 2.20. The van der Waals surface area contributed by atoms with Crippen LogP contribution in [0, 0.1) is 0 Å². The molecule has 0 aliphatic heterocycles. The van der Waals surface area contributed by atoms with E-state index in [0.29, 0.717) is 10.0 Å². The molecule has 0 saturated heterocycles. The van der Waals surface area contributed by atoms with Gasteiger partial charge in [0.25, 0.3) is 0 Å². The summed E-state index contributed by atoms with van der Waals surface area (Å²) in [6, 6.07) is 4.25. The predicted octanol–water partition coefficient (Wildman–Crippen LogP) is 2.95. The fraction of sp³-hybridized carbons (Fsp3) is 0.500. The summed E-state index contributed by atoms with van der Waals surface area (Å²) in [7, 11) is 0. The number of aliphatic hydroxyl groups excluding tert-OH is 1. The summed E-state index contributed by atoms with van der Waals surface area (Å²) in [4.78, 5) is 0. The Bertz CT molecular complexity index is 395. The SMILES string of the molecule is C[C@@H](CO)NC1CCc2c1ccc(Cl)c2Cl. The van der Waals surface area contributed by atoms with Gasteiger partial charge in [0.15, 0.2) is 0 Å². The average Bonchev–Trinajstić information content (AvgIpc) is 2.67. The molecule has 2 rings (SSSR count). The second kappa shape index (κ2) is 4.92. The lowest BCUT2D eigenvalue weighted by Crippen LogP contribution is -2.32. The van der Waals surface area contributed by atoms with Gasteiger partial charge in [-0.2, -0.15) is 0 Å². The van der Waals surface area contributed by atoms with E-state index in [4.69, 9.17) is 28.3 Å². The molecule has 2 atom stereocenters. The molecule has 4 heteroatoms. The summed E-state index contributed by atoms with van der Waals surface area (Å²) in [5, 5.41) is 13.7. The van der Waals surface area contributed by atoms with Gasteiger partial charge in [0.05, 0.1) is 16.7 Å². The van der Waals surface area contributed by atoms with Crippen LogP contribution in [0.25, 0.3) is 0 Å². The van der Waals surface area contributed by atoms with Crippen LogP contribution in [-0.4, -0.2) is 17.8 Å². The lowest BCUT2D eigenvalue weighted by Gasteiger charge is -2.18. The minimum absolute atomic E-state index is 0.102. The van der Waals surface area contributed by atoms with E-state index in [9.17, 15) is 0 Å². The molecule has 16 heavy (non-hydrogen) atoms. The fourth-order valence-corrected chi connectivity index (χ4v) is 2.65. The van der Waals surface area contributed by atoms with Gasteiger partial charge in [0.1, 0.15) is 0 Å². The van der Waals surface area contributed by atoms with Gasteiger partial charge in [-0.3, -0.25) is 0 Å². The van der Waals surface area contributed by atoms with E-state index in [0.717, 1.165) is 18.4 Å². The van der Waals surface area contributed by atoms with Gasteiger partial charge in [0.2, 0.25) is 0 Å². The minimum atomic E-state index is 0.102. The number of benzene rings is 1. The average molecular weight is 260 g/mol. The largest absolute Gasteiger partial charge is 0.395 e. The third-order valence-corrected chi connectivity index (χ3v) is 3.89. The highest BCUT2D eigenvalue weighted by atomic mass is 35.5. The minimum Gasteiger partial charge on any atom is -0.395 e. The van der Waals surface area contributed by atoms with Crippen LogP contribution in [0.5, 0.6) is 0 Å². The van der Waals surface area contributed by atoms with Crippen LogP contribution in [0.15, 0.2) is 12.1 Å². The highest BCUT2D eigenvalue weighted by Crippen LogP contribution is 2.39. The molecule has 1 aromatic carbocycles. The van der Waals surface area contributed by atoms with E-state index in [2.05, 4.69) is 5.32 Å². The predicted molar refractivity (Wildman–Crippen MR) is 67.2 cm³/mol. The summed E-state index contributed by atoms with van der Waals surface area (Å²) in [5.74, 6) is 0. The Morgan fingerprint density at radius 2 is 2.25 bits per heavy atom. The van der Waals surface area contributed by atoms with Crippen molar-refractivity contribution in [1.82, 2.24) is 5.32 Å². The number of hydrogen-bond acceptors (Lipinski definition) is 2. The quantitative estimate of drug-likeness (QED) is 0.875. The number of fused-ring (bicyclic) bond motifs is 1. The van der Waals surface area contributed by atoms with Crippen molar-refractivity contribution in [2.45, 2.75) is 31.8 Å². The maximum absolute atomic E-state index is 9.03. The number of halogens is 2. The Balaban J connectivity index is 2.24. The third-order valence-electron chi connectivity index (χ3n) is 3.05. The van der Waals surface area contributed by atoms with E-state index >= 15 is 0 Å². The van der Waals surface area contributed by atoms with Crippen molar-refractivity contribution in [2.24, 2.45) is 0 Å². The van der Waals surface area contributed by atoms with Crippen molar-refractivity contribution in [3.8, 4) is 0 Å². The first-order valence-electron chi connectivity index (χ1n) is 5.47. The third kappa shape index (κ3) is 2.21. The lowest BCUT2D eigenvalue weighted by atomic mass is 10.1. The molecule has 1 unspecified atom stereocenters. The van der Waals surface area contributed by atoms with Gasteiger partial charge >= 0.3 is 0 Å². The highest BCUT2D eigenvalue weighted by molar-refractivity contribution is 6.42. The Kier molecular flexibility index (Phi) is 3.75. The Morgan fingerprint density at radius 3 is 2.94 bits per heavy atom. The smallest absolute Gasteiger partial charge is 0.0627 e. The molecule has 88 valence electrons. The molecule has 2 N–H and O–H groups in total. The van der Waals surface area contributed by atoms with Crippen LogP contribution < -0.4 is 5.32 Å². The molecule has 0 aromatic heterocycles. The molecule has 0 amide bonds. The van der Waals surface area contributed by atoms with Gasteiger partial charge in [0, 0.05) is 12.1 Å². The van der Waals surface area contributed by atoms with Crippen molar-refractivity contribution < 1.29 is 5.11 Å². The molecule has 0 saturated carbocycles. The van der Waals surface area contributed by atoms with E-state index in [-0.39, 0.29) is 18.7 Å². The van der Waals surface area contributed by atoms with Gasteiger partial charge in [-0.15, -0.1) is 0 Å². The molecule has 2 nitrogen and oxygen atoms in total. The van der Waals surface area contributed by atoms with Crippen molar-refractivity contribution in [3.05, 3.63) is 33.3 Å². The van der Waals surface area contributed by atoms with Crippen molar-refractivity contribution in [1.29, 1.82) is 0 Å². The second-order valence-electron chi connectivity index (χ2n) is 4.27. The molecule has 1 aromatic rings. The van der Waals surface area contributed by atoms with Crippen LogP contribution in [-0.2, 0) is 6.42 Å². The molecule has 0 radical (unpaired) electrons. The molecule has 1 aliphatic rings. The first-order chi connectivity index (χ1) is 7.63. The second-order valence-corrected chi connectivity index (χ2v) is 5.06. The molecule has 0 spiro atoms. The molecule has 0 heterocycles. The normalized spacial score (nSPS) is 20.9. The van der Waals surface area contributed by atoms with Gasteiger partial charge < -0.3 is 10.4 Å². The Labute approximate surface area is 106 Å². The van der Waals surface area contributed by atoms with E-state index in [1.165, 1.54) is 5.56 Å². The molecule has 1 aliphatic carbocycles. The van der Waals surface area contributed by atoms with Crippen LogP contribution in [0.3, 0.4) is 0 Å². The Morgan fingerprint density at radius 1 is 1.50 bits per heavy atom. The van der Waals surface area contributed by atoms with Crippen LogP contribution in [0.2, 0.25) is 10.0 Å². The van der Waals surface area contributed by atoms with E-state index in [1.54, 1.807) is 0 Å². The number of nitrogens with one attached hydrogen (secondary N) is 1. The first-order valence-corrected chi connectivity index (χ1v) is 6.22. The maximum Gasteiger partial charge on any atom is 0.0627 e. The summed E-state index contributed by atoms with van der Waals surface area (Å²) in [6.45, 7) is 2.11. The highest BCUT2D eigenvalue weighted by Gasteiger charge is 2.25. The Hall–Kier alpha value is -0.280. The summed E-state index contributed by atoms with van der Waals surface area (Å²) >= 11 is 12.1. The zero-order chi connectivity index (χ0) is 11.7. The first kappa shape index (κ1) is 12.2. The van der Waals surface area contributed by atoms with Crippen LogP contribution in [0.1, 0.15) is 30.5 Å².